The Kier molecular flexibility index (Phi) is 10.6. The van der Waals surface area contributed by atoms with E-state index in [0.717, 1.165) is 52.0 Å². The number of hydrogen-bond donors (Lipinski definition) is 3. The molecule has 0 radical (unpaired) electrons. The fourth-order valence-corrected chi connectivity index (χ4v) is 4.35. The second-order valence-electron chi connectivity index (χ2n) is 8.25. The van der Waals surface area contributed by atoms with Crippen molar-refractivity contribution in [3.05, 3.63) is 0 Å². The van der Waals surface area contributed by atoms with Crippen LogP contribution in [0.15, 0.2) is 0 Å². The number of piperazine rings is 1. The highest BCUT2D eigenvalue weighted by molar-refractivity contribution is 6.16. The molecule has 2 aliphatic rings. The molecule has 0 aromatic rings. The first-order valence-corrected chi connectivity index (χ1v) is 11.3. The Labute approximate surface area is 174 Å². The van der Waals surface area contributed by atoms with Crippen molar-refractivity contribution in [2.24, 2.45) is 5.92 Å². The quantitative estimate of drug-likeness (QED) is 0.314. The van der Waals surface area contributed by atoms with Crippen LogP contribution in [0.3, 0.4) is 0 Å². The van der Waals surface area contributed by atoms with Crippen LogP contribution in [0.4, 0.5) is 4.79 Å². The van der Waals surface area contributed by atoms with Crippen LogP contribution in [0, 0.1) is 5.92 Å². The van der Waals surface area contributed by atoms with E-state index < -0.39 is 23.8 Å². The van der Waals surface area contributed by atoms with Crippen molar-refractivity contribution < 1.29 is 19.5 Å². The van der Waals surface area contributed by atoms with Crippen molar-refractivity contribution >= 4 is 17.8 Å². The second kappa shape index (κ2) is 12.9. The zero-order valence-corrected chi connectivity index (χ0v) is 17.8. The van der Waals surface area contributed by atoms with Gasteiger partial charge in [0.05, 0.1) is 6.61 Å². The van der Waals surface area contributed by atoms with Gasteiger partial charge < -0.3 is 5.11 Å². The third-order valence-corrected chi connectivity index (χ3v) is 6.12. The lowest BCUT2D eigenvalue weighted by Gasteiger charge is -2.39. The van der Waals surface area contributed by atoms with Crippen LogP contribution in [0.5, 0.6) is 0 Å². The lowest BCUT2D eigenvalue weighted by Crippen LogP contribution is -2.55. The van der Waals surface area contributed by atoms with Gasteiger partial charge in [0, 0.05) is 38.8 Å². The Morgan fingerprint density at radius 3 is 2.14 bits per heavy atom. The summed E-state index contributed by atoms with van der Waals surface area (Å²) in [7, 11) is 0. The lowest BCUT2D eigenvalue weighted by atomic mass is 9.95. The molecular weight excluding hydrogens is 372 g/mol. The molecule has 2 saturated heterocycles. The predicted molar refractivity (Wildman–Crippen MR) is 111 cm³/mol. The average Bonchev–Trinajstić information content (AvgIpc) is 2.69. The molecule has 0 aromatic heterocycles. The number of urea groups is 1. The monoisotopic (exact) mass is 410 g/mol. The first-order chi connectivity index (χ1) is 14.0. The van der Waals surface area contributed by atoms with Gasteiger partial charge in [-0.2, -0.15) is 0 Å². The maximum atomic E-state index is 11.9. The number of unbranched alkanes of at least 4 members (excludes halogenated alkanes) is 4. The summed E-state index contributed by atoms with van der Waals surface area (Å²) in [5.41, 5.74) is 0. The van der Waals surface area contributed by atoms with Crippen molar-refractivity contribution in [3.63, 3.8) is 0 Å². The van der Waals surface area contributed by atoms with E-state index in [1.54, 1.807) is 0 Å². The molecule has 8 nitrogen and oxygen atoms in total. The Hall–Kier alpha value is -1.51. The molecule has 2 aliphatic heterocycles. The van der Waals surface area contributed by atoms with Gasteiger partial charge in [-0.05, 0) is 19.3 Å². The molecule has 0 saturated carbocycles. The van der Waals surface area contributed by atoms with Gasteiger partial charge in [-0.25, -0.2) is 4.79 Å². The number of barbiturate groups is 1. The maximum Gasteiger partial charge on any atom is 0.328 e. The molecule has 1 atom stereocenters. The van der Waals surface area contributed by atoms with Crippen molar-refractivity contribution in [2.45, 2.75) is 70.8 Å². The zero-order chi connectivity index (χ0) is 21.1. The van der Waals surface area contributed by atoms with E-state index in [-0.39, 0.29) is 6.61 Å². The number of amides is 4. The number of hydrogen-bond acceptors (Lipinski definition) is 6. The Morgan fingerprint density at radius 1 is 0.931 bits per heavy atom. The minimum Gasteiger partial charge on any atom is -0.395 e. The lowest BCUT2D eigenvalue weighted by molar-refractivity contribution is -0.136. The number of carbonyl (C=O) groups is 3. The van der Waals surface area contributed by atoms with Gasteiger partial charge in [0.25, 0.3) is 0 Å². The summed E-state index contributed by atoms with van der Waals surface area (Å²) in [6.07, 6.45) is 9.55. The predicted octanol–water partition coefficient (Wildman–Crippen LogP) is 1.48. The molecule has 8 heteroatoms. The average molecular weight is 411 g/mol. The van der Waals surface area contributed by atoms with E-state index in [0.29, 0.717) is 12.5 Å². The number of rotatable bonds is 13. The summed E-state index contributed by atoms with van der Waals surface area (Å²) < 4.78 is 0. The molecule has 2 fully saturated rings. The van der Waals surface area contributed by atoms with E-state index in [2.05, 4.69) is 27.4 Å². The van der Waals surface area contributed by atoms with E-state index >= 15 is 0 Å². The zero-order valence-electron chi connectivity index (χ0n) is 17.8. The third-order valence-electron chi connectivity index (χ3n) is 6.12. The minimum atomic E-state index is -0.752. The molecule has 1 unspecified atom stereocenters. The van der Waals surface area contributed by atoms with Gasteiger partial charge in [0.2, 0.25) is 11.8 Å². The van der Waals surface area contributed by atoms with Crippen molar-refractivity contribution in [1.29, 1.82) is 0 Å². The van der Waals surface area contributed by atoms with Crippen molar-refractivity contribution in [2.75, 3.05) is 39.3 Å². The molecule has 0 aliphatic carbocycles. The van der Waals surface area contributed by atoms with Gasteiger partial charge in [0.15, 0.2) is 0 Å². The van der Waals surface area contributed by atoms with Crippen LogP contribution >= 0.6 is 0 Å². The highest BCUT2D eigenvalue weighted by Gasteiger charge is 2.33. The number of imide groups is 2. The summed E-state index contributed by atoms with van der Waals surface area (Å²) in [5, 5.41) is 13.5. The smallest absolute Gasteiger partial charge is 0.328 e. The van der Waals surface area contributed by atoms with Gasteiger partial charge >= 0.3 is 6.03 Å². The van der Waals surface area contributed by atoms with Crippen molar-refractivity contribution in [3.8, 4) is 0 Å². The molecule has 166 valence electrons. The third kappa shape index (κ3) is 8.03. The summed E-state index contributed by atoms with van der Waals surface area (Å²) in [6, 6.07) is -0.178. The van der Waals surface area contributed by atoms with Crippen molar-refractivity contribution in [1.82, 2.24) is 20.4 Å². The summed E-state index contributed by atoms with van der Waals surface area (Å²) in [4.78, 5) is 39.7. The summed E-state index contributed by atoms with van der Waals surface area (Å²) in [5.74, 6) is -1.71. The fourth-order valence-electron chi connectivity index (χ4n) is 4.35. The molecule has 3 N–H and O–H groups in total. The van der Waals surface area contributed by atoms with Gasteiger partial charge in [-0.15, -0.1) is 0 Å². The van der Waals surface area contributed by atoms with Crippen LogP contribution in [0.25, 0.3) is 0 Å². The molecular formula is C21H38N4O4. The SMILES string of the molecule is CCCCCCC(CCCCC1C(=O)NC(=O)NC1=O)N1CCN(CCO)CC1. The normalized spacial score (nSPS) is 20.6. The fraction of sp³-hybridized carbons (Fsp3) is 0.857. The first-order valence-electron chi connectivity index (χ1n) is 11.3. The largest absolute Gasteiger partial charge is 0.395 e. The highest BCUT2D eigenvalue weighted by Crippen LogP contribution is 2.21. The topological polar surface area (TPSA) is 102 Å². The Balaban J connectivity index is 1.77. The number of aliphatic hydroxyl groups excluding tert-OH is 1. The Bertz CT molecular complexity index is 515. The Morgan fingerprint density at radius 2 is 1.55 bits per heavy atom. The number of nitrogens with one attached hydrogen (secondary N) is 2. The van der Waals surface area contributed by atoms with E-state index in [1.807, 2.05) is 0 Å². The molecule has 2 heterocycles. The number of aliphatic hydroxyl groups is 1. The summed E-state index contributed by atoms with van der Waals surface area (Å²) in [6.45, 7) is 7.27. The first kappa shape index (κ1) is 23.8. The summed E-state index contributed by atoms with van der Waals surface area (Å²) >= 11 is 0. The van der Waals surface area contributed by atoms with Crippen LogP contribution < -0.4 is 10.6 Å². The highest BCUT2D eigenvalue weighted by atomic mass is 16.3. The van der Waals surface area contributed by atoms with Gasteiger partial charge in [0.1, 0.15) is 5.92 Å². The number of β-amino-alcohol motifs (C(OH)–C–C–N with tert-alkyl or cyclic N) is 1. The van der Waals surface area contributed by atoms with Crippen LogP contribution in [0.1, 0.15) is 64.7 Å². The van der Waals surface area contributed by atoms with Crippen LogP contribution in [0.2, 0.25) is 0 Å². The van der Waals surface area contributed by atoms with E-state index in [1.165, 1.54) is 32.1 Å². The van der Waals surface area contributed by atoms with E-state index in [9.17, 15) is 14.4 Å². The maximum absolute atomic E-state index is 11.9. The number of carbonyl (C=O) groups excluding carboxylic acids is 3. The minimum absolute atomic E-state index is 0.217. The second-order valence-corrected chi connectivity index (χ2v) is 8.25. The van der Waals surface area contributed by atoms with Crippen LogP contribution in [-0.2, 0) is 9.59 Å². The standard InChI is InChI=1S/C21H38N4O4/c1-2-3-4-5-8-17(25-13-11-24(12-14-25)15-16-26)9-6-7-10-18-19(27)22-21(29)23-20(18)28/h17-18,26H,2-16H2,1H3,(H2,22,23,27,28,29). The molecule has 4 amide bonds. The van der Waals surface area contributed by atoms with E-state index in [4.69, 9.17) is 5.11 Å². The molecule has 0 bridgehead atoms. The van der Waals surface area contributed by atoms with Crippen LogP contribution in [-0.4, -0.2) is 78.1 Å². The number of nitrogens with zero attached hydrogens (tertiary/aromatic N) is 2. The molecule has 29 heavy (non-hydrogen) atoms. The van der Waals surface area contributed by atoms with Gasteiger partial charge in [-0.3, -0.25) is 30.0 Å². The molecule has 0 aromatic carbocycles. The molecule has 2 rings (SSSR count). The molecule has 0 spiro atoms. The van der Waals surface area contributed by atoms with Gasteiger partial charge in [-0.1, -0.05) is 45.4 Å².